The van der Waals surface area contributed by atoms with Crippen LogP contribution in [0.3, 0.4) is 0 Å². The van der Waals surface area contributed by atoms with E-state index in [1.54, 1.807) is 11.3 Å². The quantitative estimate of drug-likeness (QED) is 0.855. The minimum atomic E-state index is 0.252. The van der Waals surface area contributed by atoms with E-state index in [0.717, 1.165) is 5.13 Å². The van der Waals surface area contributed by atoms with Crippen LogP contribution in [0.15, 0.2) is 0 Å². The van der Waals surface area contributed by atoms with Crippen molar-refractivity contribution in [1.29, 1.82) is 0 Å². The van der Waals surface area contributed by atoms with Gasteiger partial charge in [0.1, 0.15) is 0 Å². The van der Waals surface area contributed by atoms with Crippen molar-refractivity contribution in [2.75, 3.05) is 5.73 Å². The van der Waals surface area contributed by atoms with Gasteiger partial charge in [0.05, 0.1) is 5.69 Å². The second kappa shape index (κ2) is 4.02. The molecule has 0 amide bonds. The predicted octanol–water partition coefficient (Wildman–Crippen LogP) is 3.61. The smallest absolute Gasteiger partial charge is 0.180 e. The summed E-state index contributed by atoms with van der Waals surface area (Å²) in [6.45, 7) is 9.30. The van der Waals surface area contributed by atoms with Gasteiger partial charge in [0.15, 0.2) is 5.13 Å². The summed E-state index contributed by atoms with van der Waals surface area (Å²) in [6.07, 6.45) is 3.72. The summed E-state index contributed by atoms with van der Waals surface area (Å²) in [4.78, 5) is 6.08. The molecule has 0 bridgehead atoms. The molecule has 1 aromatic rings. The lowest BCUT2D eigenvalue weighted by Gasteiger charge is -2.43. The highest BCUT2D eigenvalue weighted by molar-refractivity contribution is 7.15. The molecule has 3 heteroatoms. The third kappa shape index (κ3) is 1.56. The number of rotatable bonds is 2. The fraction of sp³-hybridized carbons (Fsp3) is 0.769. The van der Waals surface area contributed by atoms with Gasteiger partial charge in [-0.1, -0.05) is 27.7 Å². The third-order valence-corrected chi connectivity index (χ3v) is 5.15. The molecule has 1 aliphatic carbocycles. The van der Waals surface area contributed by atoms with Gasteiger partial charge < -0.3 is 5.73 Å². The van der Waals surface area contributed by atoms with Crippen LogP contribution in [-0.2, 0) is 11.8 Å². The Hall–Kier alpha value is -0.570. The lowest BCUT2D eigenvalue weighted by Crippen LogP contribution is -2.41. The maximum absolute atomic E-state index is 5.89. The van der Waals surface area contributed by atoms with E-state index in [0.29, 0.717) is 11.8 Å². The molecule has 2 N–H and O–H groups in total. The van der Waals surface area contributed by atoms with Crippen molar-refractivity contribution in [2.24, 2.45) is 11.8 Å². The van der Waals surface area contributed by atoms with Crippen LogP contribution in [0.25, 0.3) is 0 Å². The number of thiazole rings is 1. The zero-order chi connectivity index (χ0) is 11.9. The third-order valence-electron chi connectivity index (χ3n) is 4.21. The van der Waals surface area contributed by atoms with Gasteiger partial charge in [0, 0.05) is 10.3 Å². The average molecular weight is 238 g/mol. The van der Waals surface area contributed by atoms with Crippen molar-refractivity contribution in [3.63, 3.8) is 0 Å². The van der Waals surface area contributed by atoms with Crippen molar-refractivity contribution in [1.82, 2.24) is 4.98 Å². The Labute approximate surface area is 102 Å². The standard InChI is InChI=1S/C13H22N2S/c1-8(2)13(9(3)4)7-5-6-10-11(13)15-12(14)16-10/h8-9H,5-7H2,1-4H3,(H2,14,15). The molecule has 0 saturated heterocycles. The van der Waals surface area contributed by atoms with Gasteiger partial charge in [-0.2, -0.15) is 0 Å². The first kappa shape index (κ1) is 11.9. The summed E-state index contributed by atoms with van der Waals surface area (Å²) in [5, 5.41) is 0.748. The van der Waals surface area contributed by atoms with E-state index in [-0.39, 0.29) is 5.41 Å². The molecule has 16 heavy (non-hydrogen) atoms. The second-order valence-electron chi connectivity index (χ2n) is 5.53. The van der Waals surface area contributed by atoms with Crippen molar-refractivity contribution in [3.8, 4) is 0 Å². The van der Waals surface area contributed by atoms with Crippen LogP contribution in [0.2, 0.25) is 0 Å². The van der Waals surface area contributed by atoms with Crippen molar-refractivity contribution in [3.05, 3.63) is 10.6 Å². The largest absolute Gasteiger partial charge is 0.375 e. The first-order valence-electron chi connectivity index (χ1n) is 6.24. The lowest BCUT2D eigenvalue weighted by atomic mass is 9.61. The molecule has 2 nitrogen and oxygen atoms in total. The van der Waals surface area contributed by atoms with Gasteiger partial charge >= 0.3 is 0 Å². The first-order valence-corrected chi connectivity index (χ1v) is 7.05. The van der Waals surface area contributed by atoms with Crippen LogP contribution in [0.1, 0.15) is 51.1 Å². The highest BCUT2D eigenvalue weighted by atomic mass is 32.1. The maximum Gasteiger partial charge on any atom is 0.180 e. The number of hydrogen-bond donors (Lipinski definition) is 1. The van der Waals surface area contributed by atoms with E-state index in [9.17, 15) is 0 Å². The molecule has 0 atom stereocenters. The summed E-state index contributed by atoms with van der Waals surface area (Å²) < 4.78 is 0. The Balaban J connectivity index is 2.56. The predicted molar refractivity (Wildman–Crippen MR) is 70.8 cm³/mol. The van der Waals surface area contributed by atoms with E-state index >= 15 is 0 Å². The molecule has 0 unspecified atom stereocenters. The van der Waals surface area contributed by atoms with Gasteiger partial charge in [-0.3, -0.25) is 0 Å². The normalized spacial score (nSPS) is 19.1. The van der Waals surface area contributed by atoms with Gasteiger partial charge in [-0.25, -0.2) is 4.98 Å². The highest BCUT2D eigenvalue weighted by Gasteiger charge is 2.44. The number of nitrogens with zero attached hydrogens (tertiary/aromatic N) is 1. The van der Waals surface area contributed by atoms with Crippen molar-refractivity contribution < 1.29 is 0 Å². The number of fused-ring (bicyclic) bond motifs is 1. The molecule has 1 aromatic heterocycles. The van der Waals surface area contributed by atoms with Gasteiger partial charge in [0.2, 0.25) is 0 Å². The molecule has 0 spiro atoms. The number of anilines is 1. The SMILES string of the molecule is CC(C)C1(C(C)C)CCCc2sc(N)nc21. The topological polar surface area (TPSA) is 38.9 Å². The molecule has 0 aliphatic heterocycles. The number of nitrogen functional groups attached to an aromatic ring is 1. The minimum Gasteiger partial charge on any atom is -0.375 e. The Morgan fingerprint density at radius 1 is 1.25 bits per heavy atom. The summed E-state index contributed by atoms with van der Waals surface area (Å²) in [7, 11) is 0. The van der Waals surface area contributed by atoms with Crippen LogP contribution >= 0.6 is 11.3 Å². The Kier molecular flexibility index (Phi) is 2.99. The Morgan fingerprint density at radius 3 is 2.44 bits per heavy atom. The molecule has 0 radical (unpaired) electrons. The monoisotopic (exact) mass is 238 g/mol. The van der Waals surface area contributed by atoms with E-state index in [4.69, 9.17) is 5.73 Å². The van der Waals surface area contributed by atoms with E-state index in [1.807, 2.05) is 0 Å². The van der Waals surface area contributed by atoms with Crippen LogP contribution in [-0.4, -0.2) is 4.98 Å². The van der Waals surface area contributed by atoms with E-state index < -0.39 is 0 Å². The molecule has 0 fully saturated rings. The van der Waals surface area contributed by atoms with Crippen LogP contribution < -0.4 is 5.73 Å². The molecular formula is C13H22N2S. The van der Waals surface area contributed by atoms with E-state index in [1.165, 1.54) is 29.8 Å². The lowest BCUT2D eigenvalue weighted by molar-refractivity contribution is 0.181. The molecule has 90 valence electrons. The number of nitrogens with two attached hydrogens (primary N) is 1. The van der Waals surface area contributed by atoms with Crippen molar-refractivity contribution in [2.45, 2.75) is 52.4 Å². The molecule has 0 aromatic carbocycles. The maximum atomic E-state index is 5.89. The number of aromatic nitrogens is 1. The fourth-order valence-electron chi connectivity index (χ4n) is 3.35. The summed E-state index contributed by atoms with van der Waals surface area (Å²) in [5.74, 6) is 1.26. The fourth-order valence-corrected chi connectivity index (χ4v) is 4.32. The Bertz CT molecular complexity index is 371. The minimum absolute atomic E-state index is 0.252. The van der Waals surface area contributed by atoms with Gasteiger partial charge in [-0.15, -0.1) is 11.3 Å². The molecule has 0 saturated carbocycles. The highest BCUT2D eigenvalue weighted by Crippen LogP contribution is 2.49. The zero-order valence-corrected chi connectivity index (χ0v) is 11.5. The molecular weight excluding hydrogens is 216 g/mol. The number of aryl methyl sites for hydroxylation is 1. The zero-order valence-electron chi connectivity index (χ0n) is 10.7. The number of hydrogen-bond acceptors (Lipinski definition) is 3. The van der Waals surface area contributed by atoms with E-state index in [2.05, 4.69) is 32.7 Å². The van der Waals surface area contributed by atoms with Crippen LogP contribution in [0.5, 0.6) is 0 Å². The second-order valence-corrected chi connectivity index (χ2v) is 6.64. The molecule has 1 heterocycles. The van der Waals surface area contributed by atoms with Gasteiger partial charge in [0.25, 0.3) is 0 Å². The average Bonchev–Trinajstić information content (AvgIpc) is 2.56. The molecule has 1 aliphatic rings. The van der Waals surface area contributed by atoms with Crippen molar-refractivity contribution >= 4 is 16.5 Å². The van der Waals surface area contributed by atoms with Crippen LogP contribution in [0.4, 0.5) is 5.13 Å². The summed E-state index contributed by atoms with van der Waals surface area (Å²) in [5.41, 5.74) is 7.45. The summed E-state index contributed by atoms with van der Waals surface area (Å²) in [6, 6.07) is 0. The first-order chi connectivity index (χ1) is 7.48. The van der Waals surface area contributed by atoms with Crippen LogP contribution in [0, 0.1) is 11.8 Å². The molecule has 2 rings (SSSR count). The van der Waals surface area contributed by atoms with Gasteiger partial charge in [-0.05, 0) is 31.1 Å². The Morgan fingerprint density at radius 2 is 1.88 bits per heavy atom. The summed E-state index contributed by atoms with van der Waals surface area (Å²) >= 11 is 1.69.